The molecule has 0 aliphatic heterocycles. The van der Waals surface area contributed by atoms with Crippen LogP contribution in [0.5, 0.6) is 0 Å². The van der Waals surface area contributed by atoms with E-state index in [4.69, 9.17) is 5.73 Å². The maximum absolute atomic E-state index is 5.58. The van der Waals surface area contributed by atoms with Crippen LogP contribution in [0, 0.1) is 0 Å². The molecular formula is C16H16N4. The van der Waals surface area contributed by atoms with Gasteiger partial charge in [-0.3, -0.25) is 4.98 Å². The second-order valence-corrected chi connectivity index (χ2v) is 4.63. The molecule has 2 aromatic heterocycles. The van der Waals surface area contributed by atoms with Crippen molar-refractivity contribution in [1.29, 1.82) is 0 Å². The fraction of sp³-hybridized carbons (Fsp3) is 0.125. The molecule has 4 nitrogen and oxygen atoms in total. The molecule has 100 valence electrons. The van der Waals surface area contributed by atoms with Crippen LogP contribution < -0.4 is 5.73 Å². The third kappa shape index (κ3) is 2.60. The van der Waals surface area contributed by atoms with Crippen molar-refractivity contribution >= 4 is 0 Å². The number of rotatable bonds is 4. The van der Waals surface area contributed by atoms with E-state index in [1.54, 1.807) is 0 Å². The average Bonchev–Trinajstić information content (AvgIpc) is 2.99. The van der Waals surface area contributed by atoms with Crippen LogP contribution in [0.1, 0.15) is 5.56 Å². The summed E-state index contributed by atoms with van der Waals surface area (Å²) in [6.07, 6.45) is 8.36. The molecule has 0 aliphatic rings. The molecule has 0 saturated heterocycles. The molecule has 0 spiro atoms. The lowest BCUT2D eigenvalue weighted by Crippen LogP contribution is -2.04. The van der Waals surface area contributed by atoms with Gasteiger partial charge in [0, 0.05) is 18.0 Å². The molecule has 2 heterocycles. The van der Waals surface area contributed by atoms with Crippen LogP contribution >= 0.6 is 0 Å². The molecule has 1 aromatic carbocycles. The first-order valence-corrected chi connectivity index (χ1v) is 6.61. The summed E-state index contributed by atoms with van der Waals surface area (Å²) in [5.41, 5.74) is 9.91. The van der Waals surface area contributed by atoms with Crippen molar-refractivity contribution in [1.82, 2.24) is 14.8 Å². The number of nitrogens with two attached hydrogens (primary N) is 1. The van der Waals surface area contributed by atoms with Gasteiger partial charge >= 0.3 is 0 Å². The lowest BCUT2D eigenvalue weighted by molar-refractivity contribution is 0.864. The molecule has 0 atom stereocenters. The minimum atomic E-state index is 0.625. The highest BCUT2D eigenvalue weighted by Gasteiger charge is 2.04. The maximum atomic E-state index is 5.58. The Morgan fingerprint density at radius 2 is 1.85 bits per heavy atom. The van der Waals surface area contributed by atoms with Crippen molar-refractivity contribution in [2.24, 2.45) is 5.73 Å². The van der Waals surface area contributed by atoms with Crippen LogP contribution in [0.3, 0.4) is 0 Å². The summed E-state index contributed by atoms with van der Waals surface area (Å²) < 4.78 is 1.84. The van der Waals surface area contributed by atoms with Crippen molar-refractivity contribution in [2.75, 3.05) is 6.54 Å². The second kappa shape index (κ2) is 5.67. The predicted molar refractivity (Wildman–Crippen MR) is 79.6 cm³/mol. The SMILES string of the molecule is NCCc1cncc(-n2cc(-c3ccccc3)cn2)c1. The molecule has 20 heavy (non-hydrogen) atoms. The van der Waals surface area contributed by atoms with Gasteiger partial charge in [-0.2, -0.15) is 5.10 Å². The summed E-state index contributed by atoms with van der Waals surface area (Å²) >= 11 is 0. The van der Waals surface area contributed by atoms with E-state index < -0.39 is 0 Å². The fourth-order valence-electron chi connectivity index (χ4n) is 2.15. The van der Waals surface area contributed by atoms with E-state index in [1.165, 1.54) is 0 Å². The minimum absolute atomic E-state index is 0.625. The molecule has 0 fully saturated rings. The normalized spacial score (nSPS) is 10.7. The predicted octanol–water partition coefficient (Wildman–Crippen LogP) is 2.44. The summed E-state index contributed by atoms with van der Waals surface area (Å²) in [6.45, 7) is 0.625. The Bertz CT molecular complexity index is 688. The van der Waals surface area contributed by atoms with Crippen molar-refractivity contribution in [3.63, 3.8) is 0 Å². The van der Waals surface area contributed by atoms with Crippen LogP contribution in [0.15, 0.2) is 61.2 Å². The van der Waals surface area contributed by atoms with E-state index in [9.17, 15) is 0 Å². The van der Waals surface area contributed by atoms with Crippen LogP contribution in [0.25, 0.3) is 16.8 Å². The Balaban J connectivity index is 1.92. The zero-order valence-corrected chi connectivity index (χ0v) is 11.1. The number of pyridine rings is 1. The van der Waals surface area contributed by atoms with Crippen molar-refractivity contribution < 1.29 is 0 Å². The molecule has 4 heteroatoms. The highest BCUT2D eigenvalue weighted by atomic mass is 15.3. The van der Waals surface area contributed by atoms with Crippen LogP contribution in [0.4, 0.5) is 0 Å². The van der Waals surface area contributed by atoms with Gasteiger partial charge in [0.05, 0.1) is 18.1 Å². The largest absolute Gasteiger partial charge is 0.330 e. The van der Waals surface area contributed by atoms with E-state index in [2.05, 4.69) is 28.3 Å². The van der Waals surface area contributed by atoms with Gasteiger partial charge in [-0.15, -0.1) is 0 Å². The molecule has 0 aliphatic carbocycles. The first-order chi connectivity index (χ1) is 9.86. The molecule has 3 aromatic rings. The zero-order valence-electron chi connectivity index (χ0n) is 11.1. The number of benzene rings is 1. The monoisotopic (exact) mass is 264 g/mol. The van der Waals surface area contributed by atoms with Crippen LogP contribution in [-0.2, 0) is 6.42 Å². The van der Waals surface area contributed by atoms with E-state index in [0.717, 1.165) is 28.8 Å². The molecule has 0 amide bonds. The van der Waals surface area contributed by atoms with Gasteiger partial charge in [-0.1, -0.05) is 30.3 Å². The molecule has 3 rings (SSSR count). The molecule has 2 N–H and O–H groups in total. The average molecular weight is 264 g/mol. The number of nitrogens with zero attached hydrogens (tertiary/aromatic N) is 3. The third-order valence-corrected chi connectivity index (χ3v) is 3.17. The summed E-state index contributed by atoms with van der Waals surface area (Å²) in [4.78, 5) is 4.25. The van der Waals surface area contributed by atoms with Gasteiger partial charge in [0.25, 0.3) is 0 Å². The van der Waals surface area contributed by atoms with Gasteiger partial charge in [-0.25, -0.2) is 4.68 Å². The van der Waals surface area contributed by atoms with Gasteiger partial charge < -0.3 is 5.73 Å². The van der Waals surface area contributed by atoms with Gasteiger partial charge in [-0.05, 0) is 30.2 Å². The maximum Gasteiger partial charge on any atom is 0.0831 e. The Hall–Kier alpha value is -2.46. The van der Waals surface area contributed by atoms with Gasteiger partial charge in [0.2, 0.25) is 0 Å². The fourth-order valence-corrected chi connectivity index (χ4v) is 2.15. The van der Waals surface area contributed by atoms with Crippen LogP contribution in [0.2, 0.25) is 0 Å². The van der Waals surface area contributed by atoms with E-state index in [-0.39, 0.29) is 0 Å². The second-order valence-electron chi connectivity index (χ2n) is 4.63. The van der Waals surface area contributed by atoms with Gasteiger partial charge in [0.1, 0.15) is 0 Å². The van der Waals surface area contributed by atoms with Gasteiger partial charge in [0.15, 0.2) is 0 Å². The molecule has 0 unspecified atom stereocenters. The summed E-state index contributed by atoms with van der Waals surface area (Å²) in [7, 11) is 0. The summed E-state index contributed by atoms with van der Waals surface area (Å²) in [5, 5.41) is 4.41. The summed E-state index contributed by atoms with van der Waals surface area (Å²) in [5.74, 6) is 0. The molecule has 0 bridgehead atoms. The molecule has 0 saturated carbocycles. The first-order valence-electron chi connectivity index (χ1n) is 6.61. The Kier molecular flexibility index (Phi) is 3.56. The first kappa shape index (κ1) is 12.6. The standard InChI is InChI=1S/C16H16N4/c17-7-6-13-8-16(11-18-9-13)20-12-15(10-19-20)14-4-2-1-3-5-14/h1-5,8-12H,6-7,17H2. The lowest BCUT2D eigenvalue weighted by Gasteiger charge is -2.03. The van der Waals surface area contributed by atoms with Crippen molar-refractivity contribution in [2.45, 2.75) is 6.42 Å². The number of aromatic nitrogens is 3. The summed E-state index contributed by atoms with van der Waals surface area (Å²) in [6, 6.07) is 12.3. The topological polar surface area (TPSA) is 56.7 Å². The molecular weight excluding hydrogens is 248 g/mol. The Morgan fingerprint density at radius 1 is 1.00 bits per heavy atom. The lowest BCUT2D eigenvalue weighted by atomic mass is 10.1. The van der Waals surface area contributed by atoms with E-state index in [1.807, 2.05) is 47.7 Å². The third-order valence-electron chi connectivity index (χ3n) is 3.17. The van der Waals surface area contributed by atoms with Crippen molar-refractivity contribution in [3.05, 3.63) is 66.7 Å². The molecule has 0 radical (unpaired) electrons. The smallest absolute Gasteiger partial charge is 0.0831 e. The Labute approximate surface area is 117 Å². The van der Waals surface area contributed by atoms with E-state index >= 15 is 0 Å². The number of hydrogen-bond donors (Lipinski definition) is 1. The zero-order chi connectivity index (χ0) is 13.8. The quantitative estimate of drug-likeness (QED) is 0.787. The van der Waals surface area contributed by atoms with Crippen molar-refractivity contribution in [3.8, 4) is 16.8 Å². The van der Waals surface area contributed by atoms with E-state index in [0.29, 0.717) is 6.54 Å². The van der Waals surface area contributed by atoms with Crippen LogP contribution in [-0.4, -0.2) is 21.3 Å². The highest BCUT2D eigenvalue weighted by molar-refractivity contribution is 5.61. The number of hydrogen-bond acceptors (Lipinski definition) is 3. The Morgan fingerprint density at radius 3 is 2.65 bits per heavy atom. The highest BCUT2D eigenvalue weighted by Crippen LogP contribution is 2.19. The minimum Gasteiger partial charge on any atom is -0.330 e.